The van der Waals surface area contributed by atoms with Crippen LogP contribution in [0.4, 0.5) is 8.78 Å². The van der Waals surface area contributed by atoms with Gasteiger partial charge in [-0.15, -0.1) is 30.6 Å². The summed E-state index contributed by atoms with van der Waals surface area (Å²) in [7, 11) is 3.45. The lowest BCUT2D eigenvalue weighted by Crippen LogP contribution is -2.41. The Balaban J connectivity index is 0. The molecule has 0 unspecified atom stereocenters. The van der Waals surface area contributed by atoms with Crippen molar-refractivity contribution in [2.75, 3.05) is 27.2 Å². The van der Waals surface area contributed by atoms with Crippen molar-refractivity contribution in [3.63, 3.8) is 0 Å². The zero-order valence-corrected chi connectivity index (χ0v) is 13.5. The maximum atomic E-state index is 12.0. The summed E-state index contributed by atoms with van der Waals surface area (Å²) in [5.41, 5.74) is 0. The van der Waals surface area contributed by atoms with Crippen LogP contribution in [0.3, 0.4) is 0 Å². The van der Waals surface area contributed by atoms with Gasteiger partial charge in [0.05, 0.1) is 6.54 Å². The highest BCUT2D eigenvalue weighted by Crippen LogP contribution is 2.01. The van der Waals surface area contributed by atoms with E-state index < -0.39 is 6.43 Å². The zero-order valence-electron chi connectivity index (χ0n) is 11.2. The third-order valence-electron chi connectivity index (χ3n) is 2.39. The molecule has 0 amide bonds. The summed E-state index contributed by atoms with van der Waals surface area (Å²) in [6.45, 7) is 4.13. The molecule has 0 radical (unpaired) electrons. The predicted octanol–water partition coefficient (Wildman–Crippen LogP) is 3.12. The van der Waals surface area contributed by atoms with Gasteiger partial charge in [-0.2, -0.15) is 0 Å². The van der Waals surface area contributed by atoms with Crippen molar-refractivity contribution < 1.29 is 8.78 Å². The van der Waals surface area contributed by atoms with Crippen LogP contribution in [-0.2, 0) is 0 Å². The van der Waals surface area contributed by atoms with Crippen LogP contribution in [0.1, 0.15) is 25.7 Å². The van der Waals surface area contributed by atoms with Gasteiger partial charge >= 0.3 is 0 Å². The highest BCUT2D eigenvalue weighted by molar-refractivity contribution is 14.0. The Labute approximate surface area is 126 Å². The number of allylic oxidation sites excluding steroid dienone is 1. The molecule has 1 N–H and O–H groups in total. The Morgan fingerprint density at radius 2 is 2.06 bits per heavy atom. The van der Waals surface area contributed by atoms with Crippen molar-refractivity contribution in [1.82, 2.24) is 10.2 Å². The predicted molar refractivity (Wildman–Crippen MR) is 84.1 cm³/mol. The van der Waals surface area contributed by atoms with Crippen LogP contribution in [0.5, 0.6) is 0 Å². The number of hydrogen-bond donors (Lipinski definition) is 1. The largest absolute Gasteiger partial charge is 0.351 e. The molecule has 0 saturated heterocycles. The fourth-order valence-corrected chi connectivity index (χ4v) is 1.47. The van der Waals surface area contributed by atoms with E-state index in [1.165, 1.54) is 0 Å². The van der Waals surface area contributed by atoms with E-state index in [1.807, 2.05) is 18.0 Å². The Hall–Kier alpha value is -0.400. The summed E-state index contributed by atoms with van der Waals surface area (Å²) in [5, 5.41) is 2.63. The van der Waals surface area contributed by atoms with Crippen LogP contribution >= 0.6 is 24.0 Å². The van der Waals surface area contributed by atoms with Crippen LogP contribution in [0.2, 0.25) is 0 Å². The van der Waals surface area contributed by atoms with E-state index in [0.717, 1.165) is 32.2 Å². The number of rotatable bonds is 8. The minimum Gasteiger partial charge on any atom is -0.351 e. The van der Waals surface area contributed by atoms with Crippen LogP contribution in [0, 0.1) is 0 Å². The van der Waals surface area contributed by atoms with E-state index in [2.05, 4.69) is 16.9 Å². The molecule has 0 bridgehead atoms. The minimum absolute atomic E-state index is 0. The fourth-order valence-electron chi connectivity index (χ4n) is 1.47. The van der Waals surface area contributed by atoms with Gasteiger partial charge in [-0.05, 0) is 19.3 Å². The molecule has 0 saturated carbocycles. The standard InChI is InChI=1S/C12H23F2N3.HI/c1-4-5-6-7-8-9-17(3)12(15-2)16-10-11(13)14;/h4,11H,1,5-10H2,2-3H3,(H,15,16);1H. The van der Waals surface area contributed by atoms with Crippen LogP contribution in [-0.4, -0.2) is 44.5 Å². The van der Waals surface area contributed by atoms with Crippen molar-refractivity contribution >= 4 is 29.9 Å². The SMILES string of the molecule is C=CCCCCCN(C)C(=NC)NCC(F)F.I. The Kier molecular flexibility index (Phi) is 14.4. The van der Waals surface area contributed by atoms with Crippen LogP contribution in [0.25, 0.3) is 0 Å². The number of aliphatic imine (C=N–C) groups is 1. The smallest absolute Gasteiger partial charge is 0.255 e. The molecule has 6 heteroatoms. The quantitative estimate of drug-likeness (QED) is 0.232. The molecule has 0 aliphatic heterocycles. The Bertz CT molecular complexity index is 235. The normalized spacial score (nSPS) is 11.1. The maximum Gasteiger partial charge on any atom is 0.255 e. The van der Waals surface area contributed by atoms with Gasteiger partial charge in [-0.3, -0.25) is 4.99 Å². The highest BCUT2D eigenvalue weighted by Gasteiger charge is 2.08. The first-order valence-electron chi connectivity index (χ1n) is 5.92. The van der Waals surface area contributed by atoms with Gasteiger partial charge < -0.3 is 10.2 Å². The van der Waals surface area contributed by atoms with Crippen molar-refractivity contribution in [3.8, 4) is 0 Å². The maximum absolute atomic E-state index is 12.0. The Morgan fingerprint density at radius 3 is 2.56 bits per heavy atom. The third-order valence-corrected chi connectivity index (χ3v) is 2.39. The number of nitrogens with one attached hydrogen (secondary N) is 1. The molecule has 0 aromatic rings. The highest BCUT2D eigenvalue weighted by atomic mass is 127. The monoisotopic (exact) mass is 375 g/mol. The second kappa shape index (κ2) is 13.0. The van der Waals surface area contributed by atoms with E-state index in [1.54, 1.807) is 7.05 Å². The molecule has 0 spiro atoms. The summed E-state index contributed by atoms with van der Waals surface area (Å²) < 4.78 is 24.1. The lowest BCUT2D eigenvalue weighted by Gasteiger charge is -2.21. The molecule has 0 aromatic heterocycles. The first-order chi connectivity index (χ1) is 8.11. The first-order valence-corrected chi connectivity index (χ1v) is 5.92. The number of guanidine groups is 1. The molecular formula is C12H24F2IN3. The van der Waals surface area contributed by atoms with Gasteiger partial charge in [0.25, 0.3) is 6.43 Å². The molecule has 18 heavy (non-hydrogen) atoms. The van der Waals surface area contributed by atoms with Crippen molar-refractivity contribution in [3.05, 3.63) is 12.7 Å². The molecule has 0 aliphatic carbocycles. The summed E-state index contributed by atoms with van der Waals surface area (Å²) in [5.74, 6) is 0.522. The number of hydrogen-bond acceptors (Lipinski definition) is 1. The van der Waals surface area contributed by atoms with Gasteiger partial charge in [0.2, 0.25) is 0 Å². The fraction of sp³-hybridized carbons (Fsp3) is 0.750. The third kappa shape index (κ3) is 10.7. The molecule has 3 nitrogen and oxygen atoms in total. The molecular weight excluding hydrogens is 351 g/mol. The van der Waals surface area contributed by atoms with Crippen LogP contribution in [0.15, 0.2) is 17.6 Å². The molecule has 108 valence electrons. The van der Waals surface area contributed by atoms with Gasteiger partial charge in [-0.25, -0.2) is 8.78 Å². The van der Waals surface area contributed by atoms with Gasteiger partial charge in [-0.1, -0.05) is 12.5 Å². The summed E-state index contributed by atoms with van der Waals surface area (Å²) in [4.78, 5) is 5.83. The summed E-state index contributed by atoms with van der Waals surface area (Å²) in [6, 6.07) is 0. The molecule has 0 fully saturated rings. The molecule has 0 rings (SSSR count). The second-order valence-corrected chi connectivity index (χ2v) is 3.88. The van der Waals surface area contributed by atoms with Gasteiger partial charge in [0.1, 0.15) is 0 Å². The van der Waals surface area contributed by atoms with E-state index in [9.17, 15) is 8.78 Å². The van der Waals surface area contributed by atoms with E-state index in [0.29, 0.717) is 5.96 Å². The van der Waals surface area contributed by atoms with Gasteiger partial charge in [0, 0.05) is 20.6 Å². The zero-order chi connectivity index (χ0) is 13.1. The lowest BCUT2D eigenvalue weighted by atomic mass is 10.2. The Morgan fingerprint density at radius 1 is 1.39 bits per heavy atom. The average Bonchev–Trinajstić information content (AvgIpc) is 2.29. The molecule has 0 aromatic carbocycles. The number of nitrogens with zero attached hydrogens (tertiary/aromatic N) is 2. The molecule has 0 aliphatic rings. The number of unbranched alkanes of at least 4 members (excludes halogenated alkanes) is 3. The number of halogens is 3. The van der Waals surface area contributed by atoms with Crippen molar-refractivity contribution in [2.45, 2.75) is 32.1 Å². The van der Waals surface area contributed by atoms with Gasteiger partial charge in [0.15, 0.2) is 5.96 Å². The lowest BCUT2D eigenvalue weighted by molar-refractivity contribution is 0.151. The van der Waals surface area contributed by atoms with Crippen LogP contribution < -0.4 is 5.32 Å². The van der Waals surface area contributed by atoms with E-state index in [4.69, 9.17) is 0 Å². The van der Waals surface area contributed by atoms with E-state index in [-0.39, 0.29) is 30.5 Å². The van der Waals surface area contributed by atoms with E-state index >= 15 is 0 Å². The first kappa shape index (κ1) is 19.9. The second-order valence-electron chi connectivity index (χ2n) is 3.88. The molecule has 0 atom stereocenters. The summed E-state index contributed by atoms with van der Waals surface area (Å²) in [6.07, 6.45) is 3.85. The van der Waals surface area contributed by atoms with Crippen molar-refractivity contribution in [1.29, 1.82) is 0 Å². The summed E-state index contributed by atoms with van der Waals surface area (Å²) >= 11 is 0. The molecule has 0 heterocycles. The number of alkyl halides is 2. The minimum atomic E-state index is -2.35. The topological polar surface area (TPSA) is 27.6 Å². The van der Waals surface area contributed by atoms with Crippen molar-refractivity contribution in [2.24, 2.45) is 4.99 Å². The average molecular weight is 375 g/mol.